The Hall–Kier alpha value is -1.37. The van der Waals surface area contributed by atoms with Crippen molar-refractivity contribution in [3.05, 3.63) is 63.9 Å². The molecule has 0 saturated heterocycles. The maximum Gasteiger partial charge on any atom is 0.146 e. The van der Waals surface area contributed by atoms with Gasteiger partial charge in [0.1, 0.15) is 11.6 Å². The summed E-state index contributed by atoms with van der Waals surface area (Å²) in [5.74, 6) is 4.35. The van der Waals surface area contributed by atoms with Crippen LogP contribution in [0.15, 0.2) is 41.0 Å². The molecule has 0 radical (unpaired) electrons. The van der Waals surface area contributed by atoms with Crippen LogP contribution in [0.2, 0.25) is 0 Å². The number of pyridine rings is 1. The van der Waals surface area contributed by atoms with Crippen LogP contribution >= 0.6 is 15.9 Å². The molecule has 2 rings (SSSR count). The van der Waals surface area contributed by atoms with Crippen LogP contribution in [-0.2, 0) is 0 Å². The molecule has 0 aliphatic heterocycles. The monoisotopic (exact) mass is 313 g/mol. The molecular weight excluding hydrogens is 304 g/mol. The first-order valence-corrected chi connectivity index (χ1v) is 5.95. The van der Waals surface area contributed by atoms with Gasteiger partial charge in [0.25, 0.3) is 0 Å². The molecule has 2 aromatic rings. The zero-order valence-corrected chi connectivity index (χ0v) is 10.8. The van der Waals surface area contributed by atoms with Gasteiger partial charge in [-0.1, -0.05) is 12.1 Å². The highest BCUT2D eigenvalue weighted by Gasteiger charge is 2.21. The molecule has 18 heavy (non-hydrogen) atoms. The molecular formula is C12H10BrF2N3. The number of nitrogens with one attached hydrogen (secondary N) is 1. The second kappa shape index (κ2) is 5.51. The van der Waals surface area contributed by atoms with Gasteiger partial charge in [0.15, 0.2) is 0 Å². The van der Waals surface area contributed by atoms with E-state index in [-0.39, 0.29) is 15.7 Å². The Balaban J connectivity index is 2.53. The molecule has 0 spiro atoms. The number of hydrogen-bond donors (Lipinski definition) is 2. The van der Waals surface area contributed by atoms with Gasteiger partial charge in [0.2, 0.25) is 0 Å². The summed E-state index contributed by atoms with van der Waals surface area (Å²) in [6.07, 6.45) is 1.43. The third kappa shape index (κ3) is 2.40. The highest BCUT2D eigenvalue weighted by Crippen LogP contribution is 2.27. The Kier molecular flexibility index (Phi) is 4.00. The smallest absolute Gasteiger partial charge is 0.146 e. The van der Waals surface area contributed by atoms with Gasteiger partial charge in [0.05, 0.1) is 16.2 Å². The molecule has 94 valence electrons. The molecule has 0 amide bonds. The van der Waals surface area contributed by atoms with E-state index in [1.807, 2.05) is 0 Å². The van der Waals surface area contributed by atoms with Crippen molar-refractivity contribution in [2.45, 2.75) is 6.04 Å². The summed E-state index contributed by atoms with van der Waals surface area (Å²) in [6, 6.07) is 6.60. The number of halogens is 3. The second-order valence-corrected chi connectivity index (χ2v) is 4.47. The van der Waals surface area contributed by atoms with Crippen molar-refractivity contribution in [3.63, 3.8) is 0 Å². The van der Waals surface area contributed by atoms with Gasteiger partial charge in [-0.05, 0) is 34.1 Å². The summed E-state index contributed by atoms with van der Waals surface area (Å²) in [5, 5.41) is 0. The fourth-order valence-electron chi connectivity index (χ4n) is 1.67. The molecule has 0 aliphatic rings. The van der Waals surface area contributed by atoms with E-state index in [4.69, 9.17) is 5.84 Å². The van der Waals surface area contributed by atoms with Crippen LogP contribution in [0.4, 0.5) is 8.78 Å². The molecule has 3 N–H and O–H groups in total. The minimum Gasteiger partial charge on any atom is -0.271 e. The maximum atomic E-state index is 14.0. The fraction of sp³-hybridized carbons (Fsp3) is 0.0833. The molecule has 1 aromatic carbocycles. The van der Waals surface area contributed by atoms with Gasteiger partial charge in [0, 0.05) is 11.8 Å². The zero-order valence-electron chi connectivity index (χ0n) is 9.20. The Labute approximate surface area is 111 Å². The number of benzene rings is 1. The first kappa shape index (κ1) is 13.1. The Morgan fingerprint density at radius 1 is 1.22 bits per heavy atom. The van der Waals surface area contributed by atoms with Crippen LogP contribution in [0, 0.1) is 11.6 Å². The molecule has 1 unspecified atom stereocenters. The van der Waals surface area contributed by atoms with Crippen molar-refractivity contribution in [2.24, 2.45) is 5.84 Å². The zero-order chi connectivity index (χ0) is 13.1. The quantitative estimate of drug-likeness (QED) is 0.676. The third-order valence-corrected chi connectivity index (χ3v) is 3.13. The SMILES string of the molecule is NNC(c1cccc(Br)c1F)c1ncccc1F. The first-order chi connectivity index (χ1) is 8.65. The van der Waals surface area contributed by atoms with E-state index >= 15 is 0 Å². The predicted molar refractivity (Wildman–Crippen MR) is 67.5 cm³/mol. The van der Waals surface area contributed by atoms with Crippen LogP contribution in [0.25, 0.3) is 0 Å². The van der Waals surface area contributed by atoms with Crippen molar-refractivity contribution in [3.8, 4) is 0 Å². The molecule has 0 fully saturated rings. The van der Waals surface area contributed by atoms with Crippen molar-refractivity contribution < 1.29 is 8.78 Å². The molecule has 3 nitrogen and oxygen atoms in total. The Morgan fingerprint density at radius 3 is 2.67 bits per heavy atom. The van der Waals surface area contributed by atoms with E-state index in [0.717, 1.165) is 0 Å². The van der Waals surface area contributed by atoms with E-state index in [0.29, 0.717) is 0 Å². The summed E-state index contributed by atoms with van der Waals surface area (Å²) in [5.41, 5.74) is 2.66. The van der Waals surface area contributed by atoms with Crippen molar-refractivity contribution in [1.29, 1.82) is 0 Å². The molecule has 1 aromatic heterocycles. The average Bonchev–Trinajstić information content (AvgIpc) is 2.37. The minimum atomic E-state index is -0.844. The molecule has 1 heterocycles. The largest absolute Gasteiger partial charge is 0.271 e. The standard InChI is InChI=1S/C12H10BrF2N3/c13-8-4-1-3-7(10(8)15)11(18-16)12-9(14)5-2-6-17-12/h1-6,11,18H,16H2. The van der Waals surface area contributed by atoms with Crippen LogP contribution in [0.1, 0.15) is 17.3 Å². The van der Waals surface area contributed by atoms with E-state index in [1.54, 1.807) is 12.1 Å². The lowest BCUT2D eigenvalue weighted by Gasteiger charge is -2.17. The van der Waals surface area contributed by atoms with Crippen molar-refractivity contribution in [1.82, 2.24) is 10.4 Å². The number of nitrogens with zero attached hydrogens (tertiary/aromatic N) is 1. The average molecular weight is 314 g/mol. The van der Waals surface area contributed by atoms with Gasteiger partial charge < -0.3 is 0 Å². The molecule has 1 atom stereocenters. The molecule has 6 heteroatoms. The fourth-order valence-corrected chi connectivity index (χ4v) is 2.05. The van der Waals surface area contributed by atoms with Gasteiger partial charge in [-0.3, -0.25) is 10.8 Å². The highest BCUT2D eigenvalue weighted by molar-refractivity contribution is 9.10. The van der Waals surface area contributed by atoms with Crippen molar-refractivity contribution in [2.75, 3.05) is 0 Å². The predicted octanol–water partition coefficient (Wildman–Crippen LogP) is 2.68. The first-order valence-electron chi connectivity index (χ1n) is 5.15. The maximum absolute atomic E-state index is 14.0. The highest BCUT2D eigenvalue weighted by atomic mass is 79.9. The minimum absolute atomic E-state index is 0.0528. The summed E-state index contributed by atoms with van der Waals surface area (Å²) in [6.45, 7) is 0. The topological polar surface area (TPSA) is 50.9 Å². The van der Waals surface area contributed by atoms with Crippen LogP contribution in [-0.4, -0.2) is 4.98 Å². The molecule has 0 aliphatic carbocycles. The van der Waals surface area contributed by atoms with Gasteiger partial charge in [-0.25, -0.2) is 14.2 Å². The Bertz CT molecular complexity index is 563. The molecule has 0 saturated carbocycles. The summed E-state index contributed by atoms with van der Waals surface area (Å²) >= 11 is 3.08. The molecule has 0 bridgehead atoms. The lowest BCUT2D eigenvalue weighted by atomic mass is 10.0. The number of aromatic nitrogens is 1. The number of rotatable bonds is 3. The van der Waals surface area contributed by atoms with Crippen molar-refractivity contribution >= 4 is 15.9 Å². The normalized spacial score (nSPS) is 12.4. The van der Waals surface area contributed by atoms with Crippen LogP contribution in [0.5, 0.6) is 0 Å². The van der Waals surface area contributed by atoms with E-state index < -0.39 is 17.7 Å². The lowest BCUT2D eigenvalue weighted by molar-refractivity contribution is 0.516. The van der Waals surface area contributed by atoms with Crippen LogP contribution < -0.4 is 11.3 Å². The third-order valence-electron chi connectivity index (χ3n) is 2.52. The Morgan fingerprint density at radius 2 is 2.00 bits per heavy atom. The van der Waals surface area contributed by atoms with Gasteiger partial charge >= 0.3 is 0 Å². The van der Waals surface area contributed by atoms with E-state index in [1.165, 1.54) is 24.4 Å². The second-order valence-electron chi connectivity index (χ2n) is 3.61. The lowest BCUT2D eigenvalue weighted by Crippen LogP contribution is -2.31. The van der Waals surface area contributed by atoms with Crippen LogP contribution in [0.3, 0.4) is 0 Å². The summed E-state index contributed by atoms with van der Waals surface area (Å²) < 4.78 is 27.9. The van der Waals surface area contributed by atoms with Gasteiger partial charge in [-0.2, -0.15) is 0 Å². The summed E-state index contributed by atoms with van der Waals surface area (Å²) in [4.78, 5) is 3.90. The number of hydrogen-bond acceptors (Lipinski definition) is 3. The van der Waals surface area contributed by atoms with Gasteiger partial charge in [-0.15, -0.1) is 0 Å². The number of hydrazine groups is 1. The van der Waals surface area contributed by atoms with E-state index in [2.05, 4.69) is 26.3 Å². The van der Waals surface area contributed by atoms with E-state index in [9.17, 15) is 8.78 Å². The summed E-state index contributed by atoms with van der Waals surface area (Å²) in [7, 11) is 0. The number of nitrogens with two attached hydrogens (primary N) is 1.